The van der Waals surface area contributed by atoms with E-state index >= 15 is 0 Å². The van der Waals surface area contributed by atoms with Crippen LogP contribution < -0.4 is 16.6 Å². The number of aromatic nitrogens is 2. The van der Waals surface area contributed by atoms with Gasteiger partial charge in [0.25, 0.3) is 5.56 Å². The number of aryl methyl sites for hydroxylation is 1. The molecule has 0 aliphatic carbocycles. The Morgan fingerprint density at radius 2 is 2.20 bits per heavy atom. The molecule has 0 aliphatic heterocycles. The summed E-state index contributed by atoms with van der Waals surface area (Å²) in [5, 5.41) is 2.58. The summed E-state index contributed by atoms with van der Waals surface area (Å²) in [5.74, 6) is -0.836. The minimum Gasteiger partial charge on any atom is -0.396 e. The smallest absolute Gasteiger partial charge is 0.253 e. The third-order valence-electron chi connectivity index (χ3n) is 2.65. The first-order valence-electron chi connectivity index (χ1n) is 5.91. The number of hydrogen-bond donors (Lipinski definition) is 2. The first-order chi connectivity index (χ1) is 9.56. The van der Waals surface area contributed by atoms with Gasteiger partial charge in [-0.05, 0) is 18.2 Å². The summed E-state index contributed by atoms with van der Waals surface area (Å²) in [6.07, 6.45) is 2.86. The fraction of sp³-hybridized carbons (Fsp3) is 0.154. The Kier molecular flexibility index (Phi) is 4.09. The molecular weight excluding hydrogens is 263 g/mol. The van der Waals surface area contributed by atoms with Crippen LogP contribution >= 0.6 is 0 Å². The molecule has 0 aliphatic rings. The van der Waals surface area contributed by atoms with Crippen LogP contribution in [0, 0.1) is 5.82 Å². The summed E-state index contributed by atoms with van der Waals surface area (Å²) in [6.45, 7) is 0.217. The summed E-state index contributed by atoms with van der Waals surface area (Å²) in [4.78, 5) is 26.9. The van der Waals surface area contributed by atoms with Gasteiger partial charge in [-0.1, -0.05) is 0 Å². The largest absolute Gasteiger partial charge is 0.396 e. The Hall–Kier alpha value is -2.70. The van der Waals surface area contributed by atoms with Crippen molar-refractivity contribution in [1.82, 2.24) is 9.55 Å². The van der Waals surface area contributed by atoms with Gasteiger partial charge in [0.15, 0.2) is 0 Å². The molecule has 1 heterocycles. The number of anilines is 2. The van der Waals surface area contributed by atoms with Gasteiger partial charge in [-0.3, -0.25) is 14.2 Å². The van der Waals surface area contributed by atoms with E-state index in [1.54, 1.807) is 0 Å². The minimum absolute atomic E-state index is 0.0359. The lowest BCUT2D eigenvalue weighted by Gasteiger charge is -2.07. The highest BCUT2D eigenvalue weighted by Crippen LogP contribution is 2.16. The second kappa shape index (κ2) is 5.96. The third-order valence-corrected chi connectivity index (χ3v) is 2.65. The molecule has 0 saturated heterocycles. The van der Waals surface area contributed by atoms with Gasteiger partial charge < -0.3 is 11.1 Å². The predicted octanol–water partition coefficient (Wildman–Crippen LogP) is 0.993. The zero-order valence-corrected chi connectivity index (χ0v) is 10.5. The highest BCUT2D eigenvalue weighted by molar-refractivity contribution is 5.91. The lowest BCUT2D eigenvalue weighted by Crippen LogP contribution is -2.22. The Balaban J connectivity index is 1.94. The van der Waals surface area contributed by atoms with Crippen LogP contribution in [0.15, 0.2) is 41.6 Å². The van der Waals surface area contributed by atoms with Gasteiger partial charge in [-0.15, -0.1) is 0 Å². The fourth-order valence-electron chi connectivity index (χ4n) is 1.61. The molecule has 0 bridgehead atoms. The van der Waals surface area contributed by atoms with Crippen molar-refractivity contribution in [1.29, 1.82) is 0 Å². The van der Waals surface area contributed by atoms with Gasteiger partial charge in [0.1, 0.15) is 5.82 Å². The van der Waals surface area contributed by atoms with Crippen molar-refractivity contribution in [3.63, 3.8) is 0 Å². The molecule has 2 rings (SSSR count). The molecular formula is C13H13FN4O2. The molecule has 6 nitrogen and oxygen atoms in total. The number of nitrogen functional groups attached to an aromatic ring is 1. The number of carbonyl (C=O) groups is 1. The molecule has 0 saturated carbocycles. The lowest BCUT2D eigenvalue weighted by atomic mass is 10.2. The zero-order valence-electron chi connectivity index (χ0n) is 10.5. The molecule has 0 radical (unpaired) electrons. The molecule has 20 heavy (non-hydrogen) atoms. The van der Waals surface area contributed by atoms with Gasteiger partial charge in [0.2, 0.25) is 5.91 Å². The van der Waals surface area contributed by atoms with Crippen molar-refractivity contribution in [3.8, 4) is 0 Å². The number of carbonyl (C=O) groups excluding carboxylic acids is 1. The highest BCUT2D eigenvalue weighted by atomic mass is 19.1. The number of hydrogen-bond acceptors (Lipinski definition) is 4. The number of amides is 1. The van der Waals surface area contributed by atoms with E-state index in [0.717, 1.165) is 0 Å². The lowest BCUT2D eigenvalue weighted by molar-refractivity contribution is -0.116. The first-order valence-corrected chi connectivity index (χ1v) is 5.91. The maximum absolute atomic E-state index is 13.0. The quantitative estimate of drug-likeness (QED) is 0.815. The van der Waals surface area contributed by atoms with Crippen LogP contribution in [-0.4, -0.2) is 15.5 Å². The van der Waals surface area contributed by atoms with Gasteiger partial charge in [0.05, 0.1) is 12.0 Å². The molecule has 3 N–H and O–H groups in total. The molecule has 0 atom stereocenters. The van der Waals surface area contributed by atoms with Gasteiger partial charge in [-0.2, -0.15) is 0 Å². The van der Waals surface area contributed by atoms with Gasteiger partial charge in [-0.25, -0.2) is 9.37 Å². The van der Waals surface area contributed by atoms with Crippen LogP contribution in [0.2, 0.25) is 0 Å². The Morgan fingerprint density at radius 3 is 2.90 bits per heavy atom. The average molecular weight is 276 g/mol. The van der Waals surface area contributed by atoms with Gasteiger partial charge in [0, 0.05) is 30.9 Å². The van der Waals surface area contributed by atoms with Crippen molar-refractivity contribution in [2.24, 2.45) is 0 Å². The number of halogens is 1. The number of nitrogens with one attached hydrogen (secondary N) is 1. The van der Waals surface area contributed by atoms with E-state index in [-0.39, 0.29) is 30.1 Å². The summed E-state index contributed by atoms with van der Waals surface area (Å²) < 4.78 is 14.3. The average Bonchev–Trinajstić information content (AvgIpc) is 2.42. The van der Waals surface area contributed by atoms with Crippen molar-refractivity contribution in [2.45, 2.75) is 13.0 Å². The number of rotatable bonds is 4. The summed E-state index contributed by atoms with van der Waals surface area (Å²) in [7, 11) is 0. The van der Waals surface area contributed by atoms with Crippen LogP contribution in [0.3, 0.4) is 0 Å². The van der Waals surface area contributed by atoms with E-state index in [9.17, 15) is 14.0 Å². The van der Waals surface area contributed by atoms with E-state index in [0.29, 0.717) is 5.69 Å². The number of nitrogens with two attached hydrogens (primary N) is 1. The van der Waals surface area contributed by atoms with E-state index < -0.39 is 5.82 Å². The predicted molar refractivity (Wildman–Crippen MR) is 72.6 cm³/mol. The summed E-state index contributed by atoms with van der Waals surface area (Å²) in [5.41, 5.74) is 5.55. The SMILES string of the molecule is Nc1cc(NC(=O)CCn2cnccc2=O)ccc1F. The molecule has 1 amide bonds. The van der Waals surface area contributed by atoms with Crippen molar-refractivity contribution >= 4 is 17.3 Å². The van der Waals surface area contributed by atoms with Crippen molar-refractivity contribution in [2.75, 3.05) is 11.1 Å². The minimum atomic E-state index is -0.537. The van der Waals surface area contributed by atoms with E-state index in [1.807, 2.05) is 0 Å². The topological polar surface area (TPSA) is 90.0 Å². The standard InChI is InChI=1S/C13H13FN4O2/c14-10-2-1-9(7-11(10)15)17-12(19)4-6-18-8-16-5-3-13(18)20/h1-3,5,7-8H,4,6,15H2,(H,17,19). The molecule has 1 aromatic carbocycles. The maximum atomic E-state index is 13.0. The Bertz CT molecular complexity index is 684. The summed E-state index contributed by atoms with van der Waals surface area (Å²) in [6, 6.07) is 5.25. The van der Waals surface area contributed by atoms with Crippen molar-refractivity contribution in [3.05, 3.63) is 53.0 Å². The molecule has 2 aromatic rings. The molecule has 0 fully saturated rings. The highest BCUT2D eigenvalue weighted by Gasteiger charge is 2.05. The second-order valence-corrected chi connectivity index (χ2v) is 4.15. The van der Waals surface area contributed by atoms with Crippen LogP contribution in [0.4, 0.5) is 15.8 Å². The van der Waals surface area contributed by atoms with Crippen LogP contribution in [0.25, 0.3) is 0 Å². The van der Waals surface area contributed by atoms with Crippen molar-refractivity contribution < 1.29 is 9.18 Å². The summed E-state index contributed by atoms with van der Waals surface area (Å²) >= 11 is 0. The number of nitrogens with zero attached hydrogens (tertiary/aromatic N) is 2. The number of benzene rings is 1. The Morgan fingerprint density at radius 1 is 1.40 bits per heavy atom. The van der Waals surface area contributed by atoms with Gasteiger partial charge >= 0.3 is 0 Å². The first kappa shape index (κ1) is 13.7. The molecule has 104 valence electrons. The molecule has 0 unspecified atom stereocenters. The molecule has 0 spiro atoms. The van der Waals surface area contributed by atoms with Crippen LogP contribution in [-0.2, 0) is 11.3 Å². The molecule has 7 heteroatoms. The fourth-order valence-corrected chi connectivity index (χ4v) is 1.61. The zero-order chi connectivity index (χ0) is 14.5. The second-order valence-electron chi connectivity index (χ2n) is 4.15. The van der Waals surface area contributed by atoms with E-state index in [4.69, 9.17) is 5.73 Å². The van der Waals surface area contributed by atoms with Crippen LogP contribution in [0.5, 0.6) is 0 Å². The van der Waals surface area contributed by atoms with Crippen LogP contribution in [0.1, 0.15) is 6.42 Å². The monoisotopic (exact) mass is 276 g/mol. The third kappa shape index (κ3) is 3.41. The maximum Gasteiger partial charge on any atom is 0.253 e. The Labute approximate surface area is 114 Å². The van der Waals surface area contributed by atoms with E-state index in [2.05, 4.69) is 10.3 Å². The normalized spacial score (nSPS) is 10.2. The van der Waals surface area contributed by atoms with E-state index in [1.165, 1.54) is 41.4 Å². The molecule has 1 aromatic heterocycles.